The summed E-state index contributed by atoms with van der Waals surface area (Å²) in [5, 5.41) is 3.38. The normalized spacial score (nSPS) is 10.7. The molecule has 0 amide bonds. The highest BCUT2D eigenvalue weighted by Crippen LogP contribution is 2.17. The molecule has 0 heterocycles. The van der Waals surface area contributed by atoms with E-state index in [1.54, 1.807) is 0 Å². The van der Waals surface area contributed by atoms with E-state index in [2.05, 4.69) is 12.2 Å². The second-order valence-electron chi connectivity index (χ2n) is 5.40. The lowest BCUT2D eigenvalue weighted by molar-refractivity contribution is -0.858. The number of hydrogen-bond acceptors (Lipinski definition) is 3. The largest absolute Gasteiger partial charge is 0.456 e. The van der Waals surface area contributed by atoms with E-state index in [4.69, 9.17) is 4.74 Å². The fourth-order valence-corrected chi connectivity index (χ4v) is 1.82. The molecule has 0 aliphatic carbocycles. The van der Waals surface area contributed by atoms with Crippen LogP contribution < -0.4 is 10.2 Å². The van der Waals surface area contributed by atoms with E-state index in [1.165, 1.54) is 11.3 Å². The predicted molar refractivity (Wildman–Crippen MR) is 82.5 cm³/mol. The molecule has 1 aromatic rings. The van der Waals surface area contributed by atoms with Crippen LogP contribution in [0.2, 0.25) is 0 Å². The molecular weight excluding hydrogens is 252 g/mol. The maximum atomic E-state index is 11.9. The van der Waals surface area contributed by atoms with Crippen molar-refractivity contribution in [3.05, 3.63) is 29.3 Å². The Hall–Kier alpha value is -1.55. The average Bonchev–Trinajstić information content (AvgIpc) is 2.40. The number of quaternary nitrogens is 1. The first-order valence-corrected chi connectivity index (χ1v) is 7.35. The smallest absolute Gasteiger partial charge is 0.338 e. The van der Waals surface area contributed by atoms with Crippen molar-refractivity contribution in [1.82, 2.24) is 0 Å². The molecule has 112 valence electrons. The monoisotopic (exact) mass is 279 g/mol. The fourth-order valence-electron chi connectivity index (χ4n) is 1.82. The van der Waals surface area contributed by atoms with E-state index >= 15 is 0 Å². The SMILES string of the molecule is CCCCNc1ccc(C(=O)OCC[NH+](C)C)cc1C. The molecule has 0 fully saturated rings. The van der Waals surface area contributed by atoms with Crippen molar-refractivity contribution in [2.75, 3.05) is 39.1 Å². The molecule has 0 aromatic heterocycles. The molecule has 1 aromatic carbocycles. The number of nitrogens with one attached hydrogen (secondary N) is 2. The van der Waals surface area contributed by atoms with Crippen molar-refractivity contribution in [3.63, 3.8) is 0 Å². The van der Waals surface area contributed by atoms with Crippen molar-refractivity contribution >= 4 is 11.7 Å². The van der Waals surface area contributed by atoms with Gasteiger partial charge in [0.1, 0.15) is 13.2 Å². The minimum absolute atomic E-state index is 0.241. The molecule has 20 heavy (non-hydrogen) atoms. The number of hydrogen-bond donors (Lipinski definition) is 2. The summed E-state index contributed by atoms with van der Waals surface area (Å²) in [6.07, 6.45) is 2.32. The van der Waals surface area contributed by atoms with E-state index in [1.807, 2.05) is 39.2 Å². The molecule has 0 aliphatic heterocycles. The van der Waals surface area contributed by atoms with Gasteiger partial charge in [-0.25, -0.2) is 4.79 Å². The van der Waals surface area contributed by atoms with Crippen molar-refractivity contribution in [2.24, 2.45) is 0 Å². The first-order valence-electron chi connectivity index (χ1n) is 7.35. The van der Waals surface area contributed by atoms with Gasteiger partial charge in [0.15, 0.2) is 0 Å². The van der Waals surface area contributed by atoms with Gasteiger partial charge in [0.25, 0.3) is 0 Å². The summed E-state index contributed by atoms with van der Waals surface area (Å²) in [6.45, 7) is 6.42. The van der Waals surface area contributed by atoms with Crippen LogP contribution in [0.3, 0.4) is 0 Å². The molecule has 4 nitrogen and oxygen atoms in total. The van der Waals surface area contributed by atoms with Crippen LogP contribution in [-0.2, 0) is 4.74 Å². The maximum absolute atomic E-state index is 11.9. The number of aryl methyl sites for hydroxylation is 1. The number of unbranched alkanes of at least 4 members (excludes halogenated alkanes) is 1. The van der Waals surface area contributed by atoms with Crippen LogP contribution in [0, 0.1) is 6.92 Å². The number of anilines is 1. The topological polar surface area (TPSA) is 42.8 Å². The van der Waals surface area contributed by atoms with Gasteiger partial charge in [-0.05, 0) is 37.1 Å². The van der Waals surface area contributed by atoms with Crippen molar-refractivity contribution in [3.8, 4) is 0 Å². The van der Waals surface area contributed by atoms with E-state index in [0.29, 0.717) is 12.2 Å². The van der Waals surface area contributed by atoms with Gasteiger partial charge in [-0.2, -0.15) is 0 Å². The van der Waals surface area contributed by atoms with E-state index in [9.17, 15) is 4.79 Å². The molecule has 0 bridgehead atoms. The van der Waals surface area contributed by atoms with Gasteiger partial charge in [-0.1, -0.05) is 13.3 Å². The summed E-state index contributed by atoms with van der Waals surface area (Å²) in [7, 11) is 4.07. The fraction of sp³-hybridized carbons (Fsp3) is 0.562. The zero-order valence-electron chi connectivity index (χ0n) is 13.1. The number of likely N-dealkylation sites (N-methyl/N-ethyl adjacent to an activating group) is 1. The Kier molecular flexibility index (Phi) is 7.09. The zero-order valence-corrected chi connectivity index (χ0v) is 13.1. The summed E-state index contributed by atoms with van der Waals surface area (Å²) < 4.78 is 5.25. The molecule has 0 unspecified atom stereocenters. The average molecular weight is 279 g/mol. The summed E-state index contributed by atoms with van der Waals surface area (Å²) in [5.74, 6) is -0.241. The Labute approximate surface area is 122 Å². The summed E-state index contributed by atoms with van der Waals surface area (Å²) in [6, 6.07) is 5.67. The Balaban J connectivity index is 2.55. The second-order valence-corrected chi connectivity index (χ2v) is 5.40. The van der Waals surface area contributed by atoms with Gasteiger partial charge in [-0.15, -0.1) is 0 Å². The van der Waals surface area contributed by atoms with Gasteiger partial charge >= 0.3 is 5.97 Å². The maximum Gasteiger partial charge on any atom is 0.338 e. The number of benzene rings is 1. The van der Waals surface area contributed by atoms with Gasteiger partial charge < -0.3 is 15.0 Å². The van der Waals surface area contributed by atoms with Gasteiger partial charge in [0.05, 0.1) is 19.7 Å². The first kappa shape index (κ1) is 16.5. The van der Waals surface area contributed by atoms with E-state index in [-0.39, 0.29) is 5.97 Å². The molecular formula is C16H27N2O2+. The Morgan fingerprint density at radius 1 is 1.35 bits per heavy atom. The third-order valence-corrected chi connectivity index (χ3v) is 3.14. The van der Waals surface area contributed by atoms with Gasteiger partial charge in [-0.3, -0.25) is 0 Å². The summed E-state index contributed by atoms with van der Waals surface area (Å²) in [5.41, 5.74) is 2.79. The van der Waals surface area contributed by atoms with Crippen molar-refractivity contribution in [2.45, 2.75) is 26.7 Å². The minimum Gasteiger partial charge on any atom is -0.456 e. The molecule has 0 saturated heterocycles. The van der Waals surface area contributed by atoms with E-state index < -0.39 is 0 Å². The molecule has 0 radical (unpaired) electrons. The molecule has 0 aliphatic rings. The van der Waals surface area contributed by atoms with E-state index in [0.717, 1.165) is 30.8 Å². The number of carbonyl (C=O) groups excluding carboxylic acids is 1. The lowest BCUT2D eigenvalue weighted by Crippen LogP contribution is -3.06. The highest BCUT2D eigenvalue weighted by Gasteiger charge is 2.09. The predicted octanol–water partition coefficient (Wildman–Crippen LogP) is 1.51. The van der Waals surface area contributed by atoms with Gasteiger partial charge in [0, 0.05) is 12.2 Å². The van der Waals surface area contributed by atoms with Gasteiger partial charge in [0.2, 0.25) is 0 Å². The Morgan fingerprint density at radius 3 is 2.70 bits per heavy atom. The summed E-state index contributed by atoms with van der Waals surface area (Å²) >= 11 is 0. The molecule has 0 atom stereocenters. The van der Waals surface area contributed by atoms with Crippen LogP contribution in [0.1, 0.15) is 35.7 Å². The minimum atomic E-state index is -0.241. The third kappa shape index (κ3) is 5.61. The van der Waals surface area contributed by atoms with Crippen LogP contribution in [-0.4, -0.2) is 39.8 Å². The van der Waals surface area contributed by atoms with Crippen LogP contribution in [0.25, 0.3) is 0 Å². The molecule has 1 rings (SSSR count). The number of carbonyl (C=O) groups is 1. The van der Waals surface area contributed by atoms with Crippen molar-refractivity contribution in [1.29, 1.82) is 0 Å². The Bertz CT molecular complexity index is 430. The van der Waals surface area contributed by atoms with Crippen LogP contribution in [0.5, 0.6) is 0 Å². The van der Waals surface area contributed by atoms with Crippen LogP contribution >= 0.6 is 0 Å². The lowest BCUT2D eigenvalue weighted by Gasteiger charge is -2.11. The zero-order chi connectivity index (χ0) is 15.0. The second kappa shape index (κ2) is 8.59. The lowest BCUT2D eigenvalue weighted by atomic mass is 10.1. The quantitative estimate of drug-likeness (QED) is 0.560. The highest BCUT2D eigenvalue weighted by molar-refractivity contribution is 5.90. The van der Waals surface area contributed by atoms with Crippen LogP contribution in [0.4, 0.5) is 5.69 Å². The van der Waals surface area contributed by atoms with Crippen molar-refractivity contribution < 1.29 is 14.4 Å². The van der Waals surface area contributed by atoms with Crippen LogP contribution in [0.15, 0.2) is 18.2 Å². The summed E-state index contributed by atoms with van der Waals surface area (Å²) in [4.78, 5) is 13.2. The molecule has 0 saturated carbocycles. The standard InChI is InChI=1S/C16H26N2O2/c1-5-6-9-17-15-8-7-14(12-13(15)2)16(19)20-11-10-18(3)4/h7-8,12,17H,5-6,9-11H2,1-4H3/p+1. The Morgan fingerprint density at radius 2 is 2.10 bits per heavy atom. The molecule has 2 N–H and O–H groups in total. The number of rotatable bonds is 8. The third-order valence-electron chi connectivity index (χ3n) is 3.14. The molecule has 0 spiro atoms. The molecule has 4 heteroatoms. The number of esters is 1. The highest BCUT2D eigenvalue weighted by atomic mass is 16.5. The first-order chi connectivity index (χ1) is 9.54. The number of ether oxygens (including phenoxy) is 1.